The number of fused-ring (bicyclic) bond motifs is 1. The number of ketones is 1. The van der Waals surface area contributed by atoms with Gasteiger partial charge in [0.2, 0.25) is 5.82 Å². The summed E-state index contributed by atoms with van der Waals surface area (Å²) in [6.45, 7) is 6.09. The predicted molar refractivity (Wildman–Crippen MR) is 120 cm³/mol. The van der Waals surface area contributed by atoms with Gasteiger partial charge in [-0.1, -0.05) is 30.3 Å². The molecule has 0 saturated carbocycles. The van der Waals surface area contributed by atoms with Gasteiger partial charge in [0.05, 0.1) is 18.2 Å². The van der Waals surface area contributed by atoms with Crippen LogP contribution >= 0.6 is 0 Å². The van der Waals surface area contributed by atoms with E-state index in [9.17, 15) is 10.1 Å². The van der Waals surface area contributed by atoms with Crippen molar-refractivity contribution in [2.75, 3.05) is 6.54 Å². The number of Topliss-reactive ketones (excluding diaryl/α,β-unsaturated/α-hetero) is 1. The van der Waals surface area contributed by atoms with Crippen LogP contribution in [0.1, 0.15) is 56.3 Å². The first kappa shape index (κ1) is 21.7. The van der Waals surface area contributed by atoms with Crippen molar-refractivity contribution in [3.8, 4) is 34.7 Å². The number of rotatable bonds is 8. The summed E-state index contributed by atoms with van der Waals surface area (Å²) < 4.78 is 11.2. The van der Waals surface area contributed by atoms with Gasteiger partial charge in [0.25, 0.3) is 5.89 Å². The smallest absolute Gasteiger partial charge is 0.258 e. The van der Waals surface area contributed by atoms with E-state index in [0.717, 1.165) is 18.4 Å². The van der Waals surface area contributed by atoms with Gasteiger partial charge in [-0.15, -0.1) is 0 Å². The highest BCUT2D eigenvalue weighted by molar-refractivity contribution is 5.80. The largest absolute Gasteiger partial charge is 0.490 e. The normalized spacial score (nSPS) is 14.9. The zero-order chi connectivity index (χ0) is 22.7. The summed E-state index contributed by atoms with van der Waals surface area (Å²) in [4.78, 5) is 16.3. The third-order valence-electron chi connectivity index (χ3n) is 5.59. The van der Waals surface area contributed by atoms with Crippen LogP contribution in [-0.4, -0.2) is 28.6 Å². The van der Waals surface area contributed by atoms with Crippen molar-refractivity contribution in [1.82, 2.24) is 15.5 Å². The maximum atomic E-state index is 11.7. The number of ether oxygens (including phenoxy) is 1. The van der Waals surface area contributed by atoms with Gasteiger partial charge in [0, 0.05) is 23.6 Å². The molecule has 32 heavy (non-hydrogen) atoms. The molecule has 0 fully saturated rings. The predicted octanol–water partition coefficient (Wildman–Crippen LogP) is 4.62. The summed E-state index contributed by atoms with van der Waals surface area (Å²) in [7, 11) is 0. The first-order valence-electron chi connectivity index (χ1n) is 10.9. The highest BCUT2D eigenvalue weighted by atomic mass is 16.5. The van der Waals surface area contributed by atoms with E-state index in [1.54, 1.807) is 12.1 Å². The van der Waals surface area contributed by atoms with Gasteiger partial charge in [-0.25, -0.2) is 0 Å². The second-order valence-electron chi connectivity index (χ2n) is 8.15. The Morgan fingerprint density at radius 1 is 1.34 bits per heavy atom. The van der Waals surface area contributed by atoms with Gasteiger partial charge in [-0.3, -0.25) is 4.79 Å². The maximum absolute atomic E-state index is 11.7. The second kappa shape index (κ2) is 9.33. The van der Waals surface area contributed by atoms with Crippen LogP contribution in [0, 0.1) is 11.3 Å². The third kappa shape index (κ3) is 4.41. The molecule has 0 saturated heterocycles. The number of hydrogen-bond acceptors (Lipinski definition) is 7. The number of nitrogens with one attached hydrogen (secondary N) is 1. The van der Waals surface area contributed by atoms with Gasteiger partial charge in [0.1, 0.15) is 17.6 Å². The molecule has 1 N–H and O–H groups in total. The Morgan fingerprint density at radius 3 is 2.94 bits per heavy atom. The highest BCUT2D eigenvalue weighted by Gasteiger charge is 2.26. The number of aromatic nitrogens is 2. The quantitative estimate of drug-likeness (QED) is 0.556. The maximum Gasteiger partial charge on any atom is 0.258 e. The molecule has 4 rings (SSSR count). The second-order valence-corrected chi connectivity index (χ2v) is 8.15. The van der Waals surface area contributed by atoms with Crippen LogP contribution in [0.25, 0.3) is 22.8 Å². The summed E-state index contributed by atoms with van der Waals surface area (Å²) in [6, 6.07) is 13.7. The first-order valence-corrected chi connectivity index (χ1v) is 10.9. The third-order valence-corrected chi connectivity index (χ3v) is 5.59. The molecule has 0 unspecified atom stereocenters. The molecule has 1 aromatic heterocycles. The van der Waals surface area contributed by atoms with Gasteiger partial charge in [-0.05, 0) is 56.0 Å². The van der Waals surface area contributed by atoms with E-state index in [-0.39, 0.29) is 17.9 Å². The van der Waals surface area contributed by atoms with Crippen LogP contribution in [-0.2, 0) is 11.2 Å². The molecule has 7 heteroatoms. The lowest BCUT2D eigenvalue weighted by Crippen LogP contribution is -2.25. The van der Waals surface area contributed by atoms with E-state index in [1.807, 2.05) is 39.0 Å². The Hall–Kier alpha value is -3.50. The lowest BCUT2D eigenvalue weighted by atomic mass is 10.0. The van der Waals surface area contributed by atoms with E-state index in [2.05, 4.69) is 27.6 Å². The Balaban J connectivity index is 1.60. The lowest BCUT2D eigenvalue weighted by molar-refractivity contribution is -0.118. The minimum Gasteiger partial charge on any atom is -0.490 e. The summed E-state index contributed by atoms with van der Waals surface area (Å²) in [6.07, 6.45) is 2.32. The molecule has 164 valence electrons. The van der Waals surface area contributed by atoms with E-state index in [4.69, 9.17) is 9.26 Å². The standard InChI is InChI=1S/C25H26N4O3/c1-4-18(30)14-27-22-10-9-19-20(22)6-5-7-21(19)24-28-25(32-29-24)16-8-11-23(31-15(2)3)17(12-16)13-26/h5-8,11-12,15,22,27H,4,9-10,14H2,1-3H3/t22-/m0/s1. The molecule has 2 aromatic carbocycles. The van der Waals surface area contributed by atoms with Crippen molar-refractivity contribution in [2.24, 2.45) is 0 Å². The number of carbonyl (C=O) groups excluding carboxylic acids is 1. The first-order chi connectivity index (χ1) is 15.5. The van der Waals surface area contributed by atoms with E-state index >= 15 is 0 Å². The van der Waals surface area contributed by atoms with Crippen molar-refractivity contribution in [3.63, 3.8) is 0 Å². The molecule has 0 aliphatic heterocycles. The number of nitriles is 1. The van der Waals surface area contributed by atoms with Crippen LogP contribution in [0.3, 0.4) is 0 Å². The summed E-state index contributed by atoms with van der Waals surface area (Å²) in [5.41, 5.74) is 4.39. The van der Waals surface area contributed by atoms with Gasteiger partial charge >= 0.3 is 0 Å². The van der Waals surface area contributed by atoms with Crippen LogP contribution in [0.5, 0.6) is 5.75 Å². The fourth-order valence-corrected chi connectivity index (χ4v) is 4.00. The molecular formula is C25H26N4O3. The number of hydrogen-bond donors (Lipinski definition) is 1. The van der Waals surface area contributed by atoms with Crippen molar-refractivity contribution in [1.29, 1.82) is 5.26 Å². The molecule has 0 spiro atoms. The molecule has 1 aliphatic carbocycles. The topological polar surface area (TPSA) is 101 Å². The number of benzene rings is 2. The van der Waals surface area contributed by atoms with Gasteiger partial charge in [0.15, 0.2) is 0 Å². The Bertz CT molecular complexity index is 1180. The molecule has 0 bridgehead atoms. The van der Waals surface area contributed by atoms with Crippen molar-refractivity contribution in [3.05, 3.63) is 53.1 Å². The molecule has 1 heterocycles. The fourth-order valence-electron chi connectivity index (χ4n) is 4.00. The molecule has 3 aromatic rings. The summed E-state index contributed by atoms with van der Waals surface area (Å²) >= 11 is 0. The van der Waals surface area contributed by atoms with E-state index < -0.39 is 0 Å². The van der Waals surface area contributed by atoms with Crippen LogP contribution in [0.2, 0.25) is 0 Å². The minimum absolute atomic E-state index is 0.0264. The van der Waals surface area contributed by atoms with Crippen molar-refractivity contribution < 1.29 is 14.1 Å². The van der Waals surface area contributed by atoms with E-state index in [0.29, 0.717) is 41.6 Å². The minimum atomic E-state index is -0.0264. The summed E-state index contributed by atoms with van der Waals surface area (Å²) in [5, 5.41) is 17.1. The SMILES string of the molecule is CCC(=O)CN[C@H]1CCc2c(-c3noc(-c4ccc(OC(C)C)c(C#N)c4)n3)cccc21. The average molecular weight is 431 g/mol. The zero-order valence-corrected chi connectivity index (χ0v) is 18.5. The average Bonchev–Trinajstić information content (AvgIpc) is 3.44. The molecule has 0 amide bonds. The molecular weight excluding hydrogens is 404 g/mol. The fraction of sp³-hybridized carbons (Fsp3) is 0.360. The lowest BCUT2D eigenvalue weighted by Gasteiger charge is -2.13. The summed E-state index contributed by atoms with van der Waals surface area (Å²) in [5.74, 6) is 1.61. The zero-order valence-electron chi connectivity index (χ0n) is 18.5. The molecule has 7 nitrogen and oxygen atoms in total. The van der Waals surface area contributed by atoms with Gasteiger partial charge < -0.3 is 14.6 Å². The Kier molecular flexibility index (Phi) is 6.33. The van der Waals surface area contributed by atoms with Crippen molar-refractivity contribution >= 4 is 5.78 Å². The Morgan fingerprint density at radius 2 is 2.19 bits per heavy atom. The van der Waals surface area contributed by atoms with Crippen LogP contribution < -0.4 is 10.1 Å². The number of carbonyl (C=O) groups is 1. The Labute approximate surface area is 187 Å². The van der Waals surface area contributed by atoms with Gasteiger partial charge in [-0.2, -0.15) is 10.2 Å². The molecule has 0 radical (unpaired) electrons. The number of nitrogens with zero attached hydrogens (tertiary/aromatic N) is 3. The molecule has 1 atom stereocenters. The van der Waals surface area contributed by atoms with Crippen molar-refractivity contribution in [2.45, 2.75) is 52.2 Å². The monoisotopic (exact) mass is 430 g/mol. The highest BCUT2D eigenvalue weighted by Crippen LogP contribution is 2.37. The van der Waals surface area contributed by atoms with Crippen LogP contribution in [0.15, 0.2) is 40.9 Å². The molecule has 1 aliphatic rings. The van der Waals surface area contributed by atoms with E-state index in [1.165, 1.54) is 11.1 Å². The van der Waals surface area contributed by atoms with Crippen LogP contribution in [0.4, 0.5) is 0 Å².